The van der Waals surface area contributed by atoms with Crippen molar-refractivity contribution < 1.29 is 5.11 Å². The molecule has 2 rings (SSSR count). The number of hydrogen-bond donors (Lipinski definition) is 2. The van der Waals surface area contributed by atoms with Crippen molar-refractivity contribution in [2.45, 2.75) is 58.5 Å². The number of hydrogen-bond acceptors (Lipinski definition) is 2. The van der Waals surface area contributed by atoms with Crippen molar-refractivity contribution in [3.05, 3.63) is 35.4 Å². The molecule has 0 saturated heterocycles. The number of aryl methyl sites for hydroxylation is 1. The summed E-state index contributed by atoms with van der Waals surface area (Å²) in [6.45, 7) is 7.16. The minimum atomic E-state index is 0.264. The first kappa shape index (κ1) is 14.5. The minimum Gasteiger partial charge on any atom is -0.396 e. The molecule has 0 saturated carbocycles. The first-order valence-corrected chi connectivity index (χ1v) is 7.53. The van der Waals surface area contributed by atoms with Gasteiger partial charge in [-0.3, -0.25) is 0 Å². The largest absolute Gasteiger partial charge is 0.396 e. The van der Waals surface area contributed by atoms with E-state index in [1.165, 1.54) is 24.0 Å². The fraction of sp³-hybridized carbons (Fsp3) is 0.647. The molecule has 2 heteroatoms. The Kier molecular flexibility index (Phi) is 4.64. The second-order valence-corrected chi connectivity index (χ2v) is 6.40. The van der Waals surface area contributed by atoms with Gasteiger partial charge < -0.3 is 10.4 Å². The molecule has 0 aliphatic heterocycles. The molecule has 106 valence electrons. The average molecular weight is 261 g/mol. The van der Waals surface area contributed by atoms with E-state index in [1.807, 2.05) is 0 Å². The Labute approximate surface area is 117 Å². The second-order valence-electron chi connectivity index (χ2n) is 6.40. The highest BCUT2D eigenvalue weighted by atomic mass is 16.3. The molecule has 0 heterocycles. The molecule has 0 amide bonds. The molecule has 2 unspecified atom stereocenters. The maximum Gasteiger partial charge on any atom is 0.0445 e. The Bertz CT molecular complexity index is 413. The fourth-order valence-corrected chi connectivity index (χ4v) is 3.18. The quantitative estimate of drug-likeness (QED) is 0.851. The Hall–Kier alpha value is -0.860. The minimum absolute atomic E-state index is 0.264. The summed E-state index contributed by atoms with van der Waals surface area (Å²) < 4.78 is 0. The first-order valence-electron chi connectivity index (χ1n) is 7.53. The highest BCUT2D eigenvalue weighted by molar-refractivity contribution is 5.34. The lowest BCUT2D eigenvalue weighted by Crippen LogP contribution is -2.43. The van der Waals surface area contributed by atoms with E-state index in [-0.39, 0.29) is 12.0 Å². The summed E-state index contributed by atoms with van der Waals surface area (Å²) in [6.07, 6.45) is 4.30. The molecular weight excluding hydrogens is 234 g/mol. The number of benzene rings is 1. The summed E-state index contributed by atoms with van der Waals surface area (Å²) in [5.41, 5.74) is 3.21. The SMILES string of the molecule is CCC(CCO)NC1c2ccccc2CCC1(C)C. The van der Waals surface area contributed by atoms with Gasteiger partial charge in [0.1, 0.15) is 0 Å². The van der Waals surface area contributed by atoms with Crippen molar-refractivity contribution in [2.75, 3.05) is 6.61 Å². The summed E-state index contributed by atoms with van der Waals surface area (Å²) in [5.74, 6) is 0. The van der Waals surface area contributed by atoms with Gasteiger partial charge in [-0.15, -0.1) is 0 Å². The van der Waals surface area contributed by atoms with E-state index in [1.54, 1.807) is 0 Å². The Balaban J connectivity index is 2.25. The van der Waals surface area contributed by atoms with Crippen LogP contribution in [0.25, 0.3) is 0 Å². The van der Waals surface area contributed by atoms with E-state index in [9.17, 15) is 5.11 Å². The Morgan fingerprint density at radius 2 is 2.11 bits per heavy atom. The van der Waals surface area contributed by atoms with E-state index in [0.29, 0.717) is 12.1 Å². The Morgan fingerprint density at radius 3 is 2.79 bits per heavy atom. The third-order valence-corrected chi connectivity index (χ3v) is 4.56. The van der Waals surface area contributed by atoms with Gasteiger partial charge in [-0.2, -0.15) is 0 Å². The van der Waals surface area contributed by atoms with E-state index in [4.69, 9.17) is 0 Å². The normalized spacial score (nSPS) is 22.8. The summed E-state index contributed by atoms with van der Waals surface area (Å²) in [5, 5.41) is 13.0. The molecule has 1 aliphatic carbocycles. The molecule has 2 N–H and O–H groups in total. The molecule has 2 atom stereocenters. The zero-order valence-electron chi connectivity index (χ0n) is 12.4. The average Bonchev–Trinajstić information content (AvgIpc) is 2.41. The van der Waals surface area contributed by atoms with Crippen LogP contribution in [0.1, 0.15) is 57.2 Å². The first-order chi connectivity index (χ1) is 9.08. The van der Waals surface area contributed by atoms with Crippen LogP contribution >= 0.6 is 0 Å². The monoisotopic (exact) mass is 261 g/mol. The number of fused-ring (bicyclic) bond motifs is 1. The van der Waals surface area contributed by atoms with Gasteiger partial charge in [0.15, 0.2) is 0 Å². The predicted molar refractivity (Wildman–Crippen MR) is 80.2 cm³/mol. The lowest BCUT2D eigenvalue weighted by molar-refractivity contribution is 0.177. The molecule has 0 aromatic heterocycles. The molecule has 1 aromatic rings. The van der Waals surface area contributed by atoms with Gasteiger partial charge in [0, 0.05) is 18.7 Å². The maximum absolute atomic E-state index is 9.18. The van der Waals surface area contributed by atoms with E-state index in [0.717, 1.165) is 12.8 Å². The van der Waals surface area contributed by atoms with Crippen molar-refractivity contribution in [1.82, 2.24) is 5.32 Å². The van der Waals surface area contributed by atoms with Gasteiger partial charge in [0.05, 0.1) is 0 Å². The highest BCUT2D eigenvalue weighted by Crippen LogP contribution is 2.43. The van der Waals surface area contributed by atoms with Gasteiger partial charge in [-0.05, 0) is 42.2 Å². The van der Waals surface area contributed by atoms with Crippen molar-refractivity contribution in [3.63, 3.8) is 0 Å². The molecule has 0 radical (unpaired) electrons. The van der Waals surface area contributed by atoms with Crippen LogP contribution in [-0.2, 0) is 6.42 Å². The van der Waals surface area contributed by atoms with Crippen molar-refractivity contribution >= 4 is 0 Å². The smallest absolute Gasteiger partial charge is 0.0445 e. The second kappa shape index (κ2) is 6.06. The van der Waals surface area contributed by atoms with E-state index >= 15 is 0 Å². The maximum atomic E-state index is 9.18. The zero-order valence-corrected chi connectivity index (χ0v) is 12.4. The van der Waals surface area contributed by atoms with Crippen LogP contribution in [0.3, 0.4) is 0 Å². The third-order valence-electron chi connectivity index (χ3n) is 4.56. The summed E-state index contributed by atoms with van der Waals surface area (Å²) in [7, 11) is 0. The molecule has 2 nitrogen and oxygen atoms in total. The van der Waals surface area contributed by atoms with E-state index in [2.05, 4.69) is 50.4 Å². The fourth-order valence-electron chi connectivity index (χ4n) is 3.18. The predicted octanol–water partition coefficient (Wildman–Crippen LogP) is 3.45. The van der Waals surface area contributed by atoms with Crippen LogP contribution in [-0.4, -0.2) is 17.8 Å². The third kappa shape index (κ3) is 3.18. The molecule has 1 aromatic carbocycles. The van der Waals surface area contributed by atoms with Gasteiger partial charge in [-0.25, -0.2) is 0 Å². The molecule has 19 heavy (non-hydrogen) atoms. The van der Waals surface area contributed by atoms with Crippen LogP contribution in [0.5, 0.6) is 0 Å². The Morgan fingerprint density at radius 1 is 1.37 bits per heavy atom. The highest BCUT2D eigenvalue weighted by Gasteiger charge is 2.36. The lowest BCUT2D eigenvalue weighted by Gasteiger charge is -2.42. The van der Waals surface area contributed by atoms with Crippen LogP contribution < -0.4 is 5.32 Å². The number of aliphatic hydroxyl groups is 1. The van der Waals surface area contributed by atoms with Gasteiger partial charge in [-0.1, -0.05) is 45.0 Å². The van der Waals surface area contributed by atoms with Gasteiger partial charge in [0.2, 0.25) is 0 Å². The standard InChI is InChI=1S/C17H27NO/c1-4-14(10-12-19)18-16-15-8-6-5-7-13(15)9-11-17(16,2)3/h5-8,14,16,18-19H,4,9-12H2,1-3H3. The molecule has 0 bridgehead atoms. The number of nitrogens with one attached hydrogen (secondary N) is 1. The van der Waals surface area contributed by atoms with Gasteiger partial charge in [0.25, 0.3) is 0 Å². The van der Waals surface area contributed by atoms with Gasteiger partial charge >= 0.3 is 0 Å². The van der Waals surface area contributed by atoms with Crippen LogP contribution in [0.4, 0.5) is 0 Å². The molecule has 0 fully saturated rings. The summed E-state index contributed by atoms with van der Waals surface area (Å²) in [4.78, 5) is 0. The van der Waals surface area contributed by atoms with Crippen molar-refractivity contribution in [1.29, 1.82) is 0 Å². The summed E-state index contributed by atoms with van der Waals surface area (Å²) >= 11 is 0. The van der Waals surface area contributed by atoms with Crippen molar-refractivity contribution in [3.8, 4) is 0 Å². The van der Waals surface area contributed by atoms with E-state index < -0.39 is 0 Å². The van der Waals surface area contributed by atoms with Crippen LogP contribution in [0.2, 0.25) is 0 Å². The molecular formula is C17H27NO. The number of rotatable bonds is 5. The lowest BCUT2D eigenvalue weighted by atomic mass is 9.70. The zero-order chi connectivity index (χ0) is 13.9. The van der Waals surface area contributed by atoms with Crippen LogP contribution in [0, 0.1) is 5.41 Å². The van der Waals surface area contributed by atoms with Crippen molar-refractivity contribution in [2.24, 2.45) is 5.41 Å². The number of aliphatic hydroxyl groups excluding tert-OH is 1. The van der Waals surface area contributed by atoms with Crippen LogP contribution in [0.15, 0.2) is 24.3 Å². The topological polar surface area (TPSA) is 32.3 Å². The summed E-state index contributed by atoms with van der Waals surface area (Å²) in [6, 6.07) is 9.60. The molecule has 1 aliphatic rings. The molecule has 0 spiro atoms.